The third-order valence-electron chi connectivity index (χ3n) is 4.56. The van der Waals surface area contributed by atoms with Crippen LogP contribution < -0.4 is 5.32 Å². The number of likely N-dealkylation sites (N-methyl/N-ethyl adjacent to an activating group) is 1. The van der Waals surface area contributed by atoms with Gasteiger partial charge in [0.1, 0.15) is 0 Å². The molecule has 3 atom stereocenters. The minimum absolute atomic E-state index is 0.393. The van der Waals surface area contributed by atoms with E-state index in [1.807, 2.05) is 0 Å². The fourth-order valence-corrected chi connectivity index (χ4v) is 3.65. The maximum absolute atomic E-state index is 5.83. The molecule has 3 unspecified atom stereocenters. The van der Waals surface area contributed by atoms with Gasteiger partial charge in [-0.2, -0.15) is 0 Å². The summed E-state index contributed by atoms with van der Waals surface area (Å²) in [7, 11) is 2.19. The smallest absolute Gasteiger partial charge is 0.0826 e. The molecule has 0 aromatic heterocycles. The van der Waals surface area contributed by atoms with Crippen LogP contribution in [0.25, 0.3) is 0 Å². The van der Waals surface area contributed by atoms with E-state index in [9.17, 15) is 0 Å². The van der Waals surface area contributed by atoms with Crippen molar-refractivity contribution in [2.24, 2.45) is 11.8 Å². The highest BCUT2D eigenvalue weighted by molar-refractivity contribution is 4.81. The van der Waals surface area contributed by atoms with Crippen LogP contribution in [0.4, 0.5) is 0 Å². The van der Waals surface area contributed by atoms with Gasteiger partial charge >= 0.3 is 0 Å². The van der Waals surface area contributed by atoms with E-state index in [2.05, 4.69) is 31.1 Å². The fourth-order valence-electron chi connectivity index (χ4n) is 3.65. The Kier molecular flexibility index (Phi) is 6.11. The molecule has 0 radical (unpaired) electrons. The minimum Gasteiger partial charge on any atom is -0.374 e. The molecule has 1 heterocycles. The Morgan fingerprint density at radius 2 is 2.16 bits per heavy atom. The van der Waals surface area contributed by atoms with E-state index in [0.717, 1.165) is 44.1 Å². The second kappa shape index (κ2) is 7.61. The van der Waals surface area contributed by atoms with Crippen LogP contribution in [0.3, 0.4) is 0 Å². The fraction of sp³-hybridized carbons (Fsp3) is 1.00. The third-order valence-corrected chi connectivity index (χ3v) is 4.56. The Morgan fingerprint density at radius 3 is 2.89 bits per heavy atom. The Labute approximate surface area is 119 Å². The first-order chi connectivity index (χ1) is 9.13. The van der Waals surface area contributed by atoms with Gasteiger partial charge in [0.25, 0.3) is 0 Å². The second-order valence-corrected chi connectivity index (χ2v) is 7.02. The van der Waals surface area contributed by atoms with Crippen LogP contribution in [0, 0.1) is 11.8 Å². The summed E-state index contributed by atoms with van der Waals surface area (Å²) < 4.78 is 5.83. The van der Waals surface area contributed by atoms with Crippen LogP contribution in [0.5, 0.6) is 0 Å². The molecule has 1 aliphatic carbocycles. The molecule has 112 valence electrons. The van der Waals surface area contributed by atoms with Crippen molar-refractivity contribution in [3.63, 3.8) is 0 Å². The summed E-state index contributed by atoms with van der Waals surface area (Å²) in [5, 5.41) is 3.76. The lowest BCUT2D eigenvalue weighted by molar-refractivity contribution is -0.0201. The molecule has 2 rings (SSSR count). The number of hydrogen-bond donors (Lipinski definition) is 1. The largest absolute Gasteiger partial charge is 0.374 e. The summed E-state index contributed by atoms with van der Waals surface area (Å²) in [6.45, 7) is 8.78. The van der Waals surface area contributed by atoms with Gasteiger partial charge in [-0.15, -0.1) is 0 Å². The number of nitrogens with zero attached hydrogens (tertiary/aromatic N) is 1. The standard InChI is InChI=1S/C16H32N2O/c1-13(2)9-14-5-4-6-15(10-14)17-11-16-12-18(3)7-8-19-16/h13-17H,4-12H2,1-3H3. The van der Waals surface area contributed by atoms with Crippen molar-refractivity contribution in [2.75, 3.05) is 33.3 Å². The van der Waals surface area contributed by atoms with E-state index in [4.69, 9.17) is 4.74 Å². The van der Waals surface area contributed by atoms with Gasteiger partial charge in [0.2, 0.25) is 0 Å². The molecule has 0 spiro atoms. The van der Waals surface area contributed by atoms with Gasteiger partial charge < -0.3 is 15.0 Å². The Hall–Kier alpha value is -0.120. The van der Waals surface area contributed by atoms with Crippen molar-refractivity contribution in [3.05, 3.63) is 0 Å². The first kappa shape index (κ1) is 15.3. The van der Waals surface area contributed by atoms with Gasteiger partial charge in [-0.3, -0.25) is 0 Å². The number of morpholine rings is 1. The van der Waals surface area contributed by atoms with Crippen LogP contribution in [0.1, 0.15) is 46.0 Å². The number of nitrogens with one attached hydrogen (secondary N) is 1. The molecule has 1 saturated carbocycles. The van der Waals surface area contributed by atoms with Gasteiger partial charge in [0.15, 0.2) is 0 Å². The lowest BCUT2D eigenvalue weighted by Crippen LogP contribution is -2.47. The molecule has 1 aliphatic heterocycles. The first-order valence-electron chi connectivity index (χ1n) is 8.17. The van der Waals surface area contributed by atoms with Gasteiger partial charge in [0, 0.05) is 25.7 Å². The van der Waals surface area contributed by atoms with E-state index in [1.54, 1.807) is 0 Å². The highest BCUT2D eigenvalue weighted by Gasteiger charge is 2.24. The molecule has 2 aliphatic rings. The predicted molar refractivity (Wildman–Crippen MR) is 80.4 cm³/mol. The lowest BCUT2D eigenvalue weighted by Gasteiger charge is -2.34. The van der Waals surface area contributed by atoms with Gasteiger partial charge in [0.05, 0.1) is 12.7 Å². The summed E-state index contributed by atoms with van der Waals surface area (Å²) in [6.07, 6.45) is 7.38. The number of hydrogen-bond acceptors (Lipinski definition) is 3. The predicted octanol–water partition coefficient (Wildman–Crippen LogP) is 2.51. The highest BCUT2D eigenvalue weighted by atomic mass is 16.5. The average Bonchev–Trinajstić information content (AvgIpc) is 2.36. The van der Waals surface area contributed by atoms with Crippen molar-refractivity contribution in [3.8, 4) is 0 Å². The van der Waals surface area contributed by atoms with Crippen LogP contribution in [0.15, 0.2) is 0 Å². The normalized spacial score (nSPS) is 33.8. The first-order valence-corrected chi connectivity index (χ1v) is 8.17. The van der Waals surface area contributed by atoms with Crippen molar-refractivity contribution in [2.45, 2.75) is 58.1 Å². The molecule has 0 bridgehead atoms. The monoisotopic (exact) mass is 268 g/mol. The van der Waals surface area contributed by atoms with Crippen LogP contribution in [0.2, 0.25) is 0 Å². The van der Waals surface area contributed by atoms with E-state index in [-0.39, 0.29) is 0 Å². The average molecular weight is 268 g/mol. The molecule has 3 nitrogen and oxygen atoms in total. The zero-order valence-electron chi connectivity index (χ0n) is 13.0. The van der Waals surface area contributed by atoms with E-state index < -0.39 is 0 Å². The van der Waals surface area contributed by atoms with Crippen LogP contribution in [-0.2, 0) is 4.74 Å². The minimum atomic E-state index is 0.393. The summed E-state index contributed by atoms with van der Waals surface area (Å²) in [4.78, 5) is 2.37. The molecule has 0 amide bonds. The Balaban J connectivity index is 1.67. The van der Waals surface area contributed by atoms with Gasteiger partial charge in [-0.1, -0.05) is 26.7 Å². The Bertz CT molecular complexity index is 257. The molecular weight excluding hydrogens is 236 g/mol. The molecule has 1 N–H and O–H groups in total. The second-order valence-electron chi connectivity index (χ2n) is 7.02. The zero-order valence-corrected chi connectivity index (χ0v) is 13.0. The molecular formula is C16H32N2O. The zero-order chi connectivity index (χ0) is 13.7. The summed E-state index contributed by atoms with van der Waals surface area (Å²) in [6, 6.07) is 0.730. The molecule has 0 aromatic rings. The number of ether oxygens (including phenoxy) is 1. The maximum Gasteiger partial charge on any atom is 0.0826 e. The summed E-state index contributed by atoms with van der Waals surface area (Å²) in [5.41, 5.74) is 0. The van der Waals surface area contributed by atoms with Crippen molar-refractivity contribution < 1.29 is 4.74 Å². The van der Waals surface area contributed by atoms with Crippen molar-refractivity contribution in [1.29, 1.82) is 0 Å². The molecule has 3 heteroatoms. The summed E-state index contributed by atoms with van der Waals surface area (Å²) >= 11 is 0. The van der Waals surface area contributed by atoms with Crippen molar-refractivity contribution >= 4 is 0 Å². The maximum atomic E-state index is 5.83. The van der Waals surface area contributed by atoms with Gasteiger partial charge in [-0.05, 0) is 38.1 Å². The van der Waals surface area contributed by atoms with Crippen molar-refractivity contribution in [1.82, 2.24) is 10.2 Å². The topological polar surface area (TPSA) is 24.5 Å². The molecule has 2 fully saturated rings. The van der Waals surface area contributed by atoms with E-state index in [1.165, 1.54) is 32.1 Å². The van der Waals surface area contributed by atoms with Crippen LogP contribution >= 0.6 is 0 Å². The molecule has 19 heavy (non-hydrogen) atoms. The third kappa shape index (κ3) is 5.41. The van der Waals surface area contributed by atoms with E-state index in [0.29, 0.717) is 6.10 Å². The van der Waals surface area contributed by atoms with E-state index >= 15 is 0 Å². The van der Waals surface area contributed by atoms with Crippen LogP contribution in [-0.4, -0.2) is 50.3 Å². The highest BCUT2D eigenvalue weighted by Crippen LogP contribution is 2.29. The summed E-state index contributed by atoms with van der Waals surface area (Å²) in [5.74, 6) is 1.79. The SMILES string of the molecule is CC(C)CC1CCCC(NCC2CN(C)CCO2)C1. The quantitative estimate of drug-likeness (QED) is 0.829. The molecule has 0 aromatic carbocycles. The molecule has 1 saturated heterocycles. The van der Waals surface area contributed by atoms with Gasteiger partial charge in [-0.25, -0.2) is 0 Å². The Morgan fingerprint density at radius 1 is 1.32 bits per heavy atom. The number of rotatable bonds is 5. The lowest BCUT2D eigenvalue weighted by atomic mass is 9.81.